The maximum absolute atomic E-state index is 6.07. The lowest BCUT2D eigenvalue weighted by Crippen LogP contribution is -2.36. The molecule has 0 radical (unpaired) electrons. The minimum Gasteiger partial charge on any atom is -0.316 e. The molecule has 0 saturated heterocycles. The molecular weight excluding hydrogens is 200 g/mol. The molecule has 0 fully saturated rings. The molecule has 0 unspecified atom stereocenters. The molecule has 0 amide bonds. The van der Waals surface area contributed by atoms with Crippen molar-refractivity contribution in [2.24, 2.45) is 7.05 Å². The topological polar surface area (TPSA) is 47.9 Å². The summed E-state index contributed by atoms with van der Waals surface area (Å²) in [6.07, 6.45) is 3.47. The molecule has 0 aromatic carbocycles. The highest BCUT2D eigenvalue weighted by Gasteiger charge is 2.18. The monoisotopic (exact) mass is 217 g/mol. The third-order valence-corrected chi connectivity index (χ3v) is 2.84. The van der Waals surface area contributed by atoms with Crippen LogP contribution >= 0.6 is 0 Å². The van der Waals surface area contributed by atoms with Gasteiger partial charge < -0.3 is 5.73 Å². The van der Waals surface area contributed by atoms with Gasteiger partial charge in [0.05, 0.1) is 11.3 Å². The maximum Gasteiger partial charge on any atom is 0.286 e. The zero-order valence-electron chi connectivity index (χ0n) is 9.94. The smallest absolute Gasteiger partial charge is 0.286 e. The predicted molar refractivity (Wildman–Crippen MR) is 65.0 cm³/mol. The summed E-state index contributed by atoms with van der Waals surface area (Å²) in [6.45, 7) is 8.03. The van der Waals surface area contributed by atoms with Crippen molar-refractivity contribution in [2.45, 2.75) is 19.8 Å². The summed E-state index contributed by atoms with van der Waals surface area (Å²) in [5.41, 5.74) is 9.01. The molecule has 0 aliphatic carbocycles. The molecule has 84 valence electrons. The van der Waals surface area contributed by atoms with E-state index in [0.29, 0.717) is 11.7 Å². The summed E-state index contributed by atoms with van der Waals surface area (Å²) < 4.78 is 3.95. The molecule has 2 aromatic rings. The van der Waals surface area contributed by atoms with Crippen LogP contribution < -0.4 is 10.2 Å². The second-order valence-corrected chi connectivity index (χ2v) is 4.22. The lowest BCUT2D eigenvalue weighted by atomic mass is 10.1. The van der Waals surface area contributed by atoms with Gasteiger partial charge in [-0.3, -0.25) is 0 Å². The quantitative estimate of drug-likeness (QED) is 0.775. The van der Waals surface area contributed by atoms with E-state index in [0.717, 1.165) is 11.2 Å². The summed E-state index contributed by atoms with van der Waals surface area (Å²) >= 11 is 0. The van der Waals surface area contributed by atoms with Gasteiger partial charge in [-0.05, 0) is 5.92 Å². The van der Waals surface area contributed by atoms with Crippen LogP contribution in [0.15, 0.2) is 18.8 Å². The lowest BCUT2D eigenvalue weighted by molar-refractivity contribution is -0.595. The van der Waals surface area contributed by atoms with Crippen LogP contribution in [0.25, 0.3) is 11.7 Å². The second-order valence-electron chi connectivity index (χ2n) is 4.22. The summed E-state index contributed by atoms with van der Waals surface area (Å²) in [6, 6.07) is 2.06. The molecule has 2 aromatic heterocycles. The Morgan fingerprint density at radius 3 is 2.81 bits per heavy atom. The molecule has 2 rings (SSSR count). The number of hydrogen-bond acceptors (Lipinski definition) is 2. The van der Waals surface area contributed by atoms with E-state index in [1.807, 2.05) is 16.2 Å². The maximum atomic E-state index is 6.07. The third-order valence-electron chi connectivity index (χ3n) is 2.84. The second kappa shape index (κ2) is 3.63. The van der Waals surface area contributed by atoms with Crippen LogP contribution in [0.2, 0.25) is 0 Å². The van der Waals surface area contributed by atoms with E-state index in [-0.39, 0.29) is 0 Å². The number of nitrogen functional groups attached to an aromatic ring is 1. The third kappa shape index (κ3) is 1.38. The number of nitrogens with zero attached hydrogens (tertiary/aromatic N) is 3. The Morgan fingerprint density at radius 1 is 1.56 bits per heavy atom. The molecule has 0 saturated carbocycles. The molecule has 0 aliphatic rings. The van der Waals surface area contributed by atoms with Gasteiger partial charge in [-0.15, -0.1) is 9.50 Å². The van der Waals surface area contributed by atoms with Crippen LogP contribution in [-0.2, 0) is 7.05 Å². The molecule has 0 spiro atoms. The number of aryl methyl sites for hydroxylation is 1. The molecule has 2 N–H and O–H groups in total. The van der Waals surface area contributed by atoms with E-state index in [2.05, 4.69) is 31.5 Å². The number of fused-ring (bicyclic) bond motifs is 1. The van der Waals surface area contributed by atoms with Gasteiger partial charge in [0, 0.05) is 13.1 Å². The molecule has 2 heterocycles. The first-order valence-corrected chi connectivity index (χ1v) is 5.34. The summed E-state index contributed by atoms with van der Waals surface area (Å²) in [4.78, 5) is 4.37. The summed E-state index contributed by atoms with van der Waals surface area (Å²) in [5, 5.41) is 0. The van der Waals surface area contributed by atoms with Crippen molar-refractivity contribution in [3.05, 3.63) is 30.1 Å². The molecule has 16 heavy (non-hydrogen) atoms. The van der Waals surface area contributed by atoms with Crippen molar-refractivity contribution < 1.29 is 4.52 Å². The Morgan fingerprint density at radius 2 is 2.25 bits per heavy atom. The van der Waals surface area contributed by atoms with Crippen LogP contribution in [0.1, 0.15) is 31.0 Å². The van der Waals surface area contributed by atoms with E-state index in [9.17, 15) is 0 Å². The Kier molecular flexibility index (Phi) is 2.42. The van der Waals surface area contributed by atoms with Crippen molar-refractivity contribution >= 4 is 17.5 Å². The van der Waals surface area contributed by atoms with Crippen LogP contribution in [0.4, 0.5) is 5.82 Å². The first-order chi connectivity index (χ1) is 7.56. The van der Waals surface area contributed by atoms with Gasteiger partial charge in [0.2, 0.25) is 0 Å². The Balaban J connectivity index is 2.83. The van der Waals surface area contributed by atoms with Crippen molar-refractivity contribution in [3.63, 3.8) is 0 Å². The zero-order chi connectivity index (χ0) is 11.9. The van der Waals surface area contributed by atoms with Crippen molar-refractivity contribution in [1.82, 2.24) is 9.67 Å². The van der Waals surface area contributed by atoms with Gasteiger partial charge in [0.1, 0.15) is 6.20 Å². The van der Waals surface area contributed by atoms with Gasteiger partial charge in [-0.25, -0.2) is 4.68 Å². The highest BCUT2D eigenvalue weighted by atomic mass is 15.4. The first kappa shape index (κ1) is 10.7. The number of aromatic nitrogens is 3. The van der Waals surface area contributed by atoms with Gasteiger partial charge in [0.15, 0.2) is 0 Å². The van der Waals surface area contributed by atoms with Crippen molar-refractivity contribution in [3.8, 4) is 0 Å². The zero-order valence-corrected chi connectivity index (χ0v) is 9.94. The fraction of sp³-hybridized carbons (Fsp3) is 0.333. The highest BCUT2D eigenvalue weighted by molar-refractivity contribution is 5.57. The van der Waals surface area contributed by atoms with E-state index in [1.54, 1.807) is 12.3 Å². The Hall–Kier alpha value is -1.84. The summed E-state index contributed by atoms with van der Waals surface area (Å²) in [5.74, 6) is 1.12. The van der Waals surface area contributed by atoms with Crippen molar-refractivity contribution in [2.75, 3.05) is 5.73 Å². The van der Waals surface area contributed by atoms with E-state index in [4.69, 9.17) is 5.73 Å². The predicted octanol–water partition coefficient (Wildman–Crippen LogP) is 1.51. The Labute approximate surface area is 95.0 Å². The first-order valence-electron chi connectivity index (χ1n) is 5.34. The number of nitrogens with two attached hydrogens (primary N) is 1. The van der Waals surface area contributed by atoms with Crippen LogP contribution in [0.3, 0.4) is 0 Å². The van der Waals surface area contributed by atoms with Crippen LogP contribution in [0, 0.1) is 0 Å². The fourth-order valence-electron chi connectivity index (χ4n) is 1.95. The molecule has 0 aliphatic heterocycles. The standard InChI is InChI=1S/C12H16N4/c1-5-9-7-14-11-6-10(8(2)3)15(4)16(11)12(9)13/h5-8,13H,1H2,2-4H3/p+1. The molecular formula is C12H17N4+. The molecule has 0 atom stereocenters. The molecule has 4 nitrogen and oxygen atoms in total. The van der Waals surface area contributed by atoms with E-state index < -0.39 is 0 Å². The normalized spacial score (nSPS) is 11.2. The Bertz CT molecular complexity index is 552. The van der Waals surface area contributed by atoms with Crippen LogP contribution in [0.5, 0.6) is 0 Å². The minimum atomic E-state index is 0.443. The van der Waals surface area contributed by atoms with E-state index >= 15 is 0 Å². The number of anilines is 1. The highest BCUT2D eigenvalue weighted by Crippen LogP contribution is 2.16. The van der Waals surface area contributed by atoms with Gasteiger partial charge in [0.25, 0.3) is 11.5 Å². The molecule has 0 bridgehead atoms. The van der Waals surface area contributed by atoms with E-state index in [1.165, 1.54) is 5.69 Å². The fourth-order valence-corrected chi connectivity index (χ4v) is 1.95. The average molecular weight is 217 g/mol. The van der Waals surface area contributed by atoms with Gasteiger partial charge in [-0.1, -0.05) is 26.5 Å². The largest absolute Gasteiger partial charge is 0.316 e. The minimum absolute atomic E-state index is 0.443. The average Bonchev–Trinajstić information content (AvgIpc) is 2.57. The SMILES string of the molecule is C=Cc1cnc2cc(C(C)C)n(C)[n+]2c1N. The van der Waals surface area contributed by atoms with Gasteiger partial charge >= 0.3 is 0 Å². The number of hydrogen-bond donors (Lipinski definition) is 1. The number of rotatable bonds is 2. The molecule has 4 heteroatoms. The van der Waals surface area contributed by atoms with Gasteiger partial charge in [-0.2, -0.15) is 0 Å². The lowest BCUT2D eigenvalue weighted by Gasteiger charge is -2.05. The van der Waals surface area contributed by atoms with Crippen LogP contribution in [-0.4, -0.2) is 9.67 Å². The summed E-state index contributed by atoms with van der Waals surface area (Å²) in [7, 11) is 1.99. The van der Waals surface area contributed by atoms with Crippen molar-refractivity contribution in [1.29, 1.82) is 0 Å².